The summed E-state index contributed by atoms with van der Waals surface area (Å²) in [5.41, 5.74) is 2.05. The molecule has 0 saturated heterocycles. The van der Waals surface area contributed by atoms with Gasteiger partial charge in [0.1, 0.15) is 0 Å². The van der Waals surface area contributed by atoms with Crippen molar-refractivity contribution in [3.05, 3.63) is 65.5 Å². The fraction of sp³-hybridized carbons (Fsp3) is 0.167. The van der Waals surface area contributed by atoms with E-state index in [4.69, 9.17) is 4.52 Å². The number of rotatable bonds is 3. The highest BCUT2D eigenvalue weighted by molar-refractivity contribution is 7.93. The predicted octanol–water partition coefficient (Wildman–Crippen LogP) is 3.65. The summed E-state index contributed by atoms with van der Waals surface area (Å²) >= 11 is 0. The van der Waals surface area contributed by atoms with Gasteiger partial charge in [-0.05, 0) is 36.8 Å². The predicted molar refractivity (Wildman–Crippen MR) is 94.7 cm³/mol. The third kappa shape index (κ3) is 3.83. The first-order valence-corrected chi connectivity index (χ1v) is 9.51. The van der Waals surface area contributed by atoms with Crippen LogP contribution in [0.1, 0.15) is 21.8 Å². The van der Waals surface area contributed by atoms with Crippen LogP contribution in [0, 0.1) is 13.8 Å². The number of carbonyl (C=O) groups excluding carboxylic acids is 1. The van der Waals surface area contributed by atoms with Gasteiger partial charge in [0, 0.05) is 29.2 Å². The van der Waals surface area contributed by atoms with E-state index in [1.54, 1.807) is 49.4 Å². The molecule has 25 heavy (non-hydrogen) atoms. The molecule has 1 unspecified atom stereocenters. The maximum Gasteiger partial charge on any atom is 0.285 e. The molecule has 1 amide bonds. The maximum absolute atomic E-state index is 12.8. The summed E-state index contributed by atoms with van der Waals surface area (Å²) in [5, 5.41) is 3.83. The molecule has 0 radical (unpaired) electrons. The van der Waals surface area contributed by atoms with Gasteiger partial charge in [-0.3, -0.25) is 4.79 Å². The first-order valence-electron chi connectivity index (χ1n) is 7.59. The monoisotopic (exact) mass is 355 g/mol. The molecule has 0 aliphatic rings. The van der Waals surface area contributed by atoms with E-state index in [0.717, 1.165) is 11.1 Å². The number of carbonyl (C=O) groups is 1. The Balaban J connectivity index is 1.89. The van der Waals surface area contributed by atoms with Crippen LogP contribution in [0.2, 0.25) is 0 Å². The highest BCUT2D eigenvalue weighted by atomic mass is 32.2. The van der Waals surface area contributed by atoms with Crippen LogP contribution >= 0.6 is 0 Å². The number of nitrogens with zero attached hydrogens (tertiary/aromatic N) is 3. The zero-order valence-corrected chi connectivity index (χ0v) is 14.9. The number of aromatic nitrogens is 2. The SMILES string of the molecule is Cc1cccc(S(C)(=O)=NC(=O)c2ccc(-c3noc(C)n3)cc2)c1. The van der Waals surface area contributed by atoms with Gasteiger partial charge in [0.05, 0.1) is 9.73 Å². The average Bonchev–Trinajstić information content (AvgIpc) is 3.01. The molecule has 0 spiro atoms. The van der Waals surface area contributed by atoms with Crippen molar-refractivity contribution in [3.8, 4) is 11.4 Å². The first-order chi connectivity index (χ1) is 11.8. The van der Waals surface area contributed by atoms with E-state index in [2.05, 4.69) is 14.5 Å². The molecule has 3 aromatic rings. The molecule has 0 aliphatic heterocycles. The number of aryl methyl sites for hydroxylation is 2. The van der Waals surface area contributed by atoms with Gasteiger partial charge in [-0.1, -0.05) is 29.4 Å². The van der Waals surface area contributed by atoms with Crippen molar-refractivity contribution in [2.75, 3.05) is 6.26 Å². The second-order valence-corrected chi connectivity index (χ2v) is 7.99. The van der Waals surface area contributed by atoms with Gasteiger partial charge < -0.3 is 4.52 Å². The standard InChI is InChI=1S/C18H17N3O3S/c1-12-5-4-6-16(11-12)25(3,23)21-18(22)15-9-7-14(8-10-15)17-19-13(2)24-20-17/h4-11H,1-3H3. The Bertz CT molecular complexity index is 1050. The Morgan fingerprint density at radius 1 is 1.12 bits per heavy atom. The van der Waals surface area contributed by atoms with Gasteiger partial charge in [-0.2, -0.15) is 9.35 Å². The van der Waals surface area contributed by atoms with Crippen molar-refractivity contribution in [1.29, 1.82) is 0 Å². The molecule has 3 rings (SSSR count). The van der Waals surface area contributed by atoms with E-state index >= 15 is 0 Å². The molecular weight excluding hydrogens is 338 g/mol. The lowest BCUT2D eigenvalue weighted by atomic mass is 10.1. The fourth-order valence-electron chi connectivity index (χ4n) is 2.29. The molecule has 0 saturated carbocycles. The van der Waals surface area contributed by atoms with Gasteiger partial charge in [-0.15, -0.1) is 0 Å². The van der Waals surface area contributed by atoms with E-state index < -0.39 is 15.6 Å². The zero-order chi connectivity index (χ0) is 18.0. The van der Waals surface area contributed by atoms with Crippen LogP contribution in [0.3, 0.4) is 0 Å². The van der Waals surface area contributed by atoms with Crippen LogP contribution in [0.4, 0.5) is 0 Å². The molecule has 0 bridgehead atoms. The van der Waals surface area contributed by atoms with Gasteiger partial charge in [-0.25, -0.2) is 4.21 Å². The molecule has 6 nitrogen and oxygen atoms in total. The van der Waals surface area contributed by atoms with E-state index in [-0.39, 0.29) is 0 Å². The Kier molecular flexibility index (Phi) is 4.50. The maximum atomic E-state index is 12.8. The van der Waals surface area contributed by atoms with Gasteiger partial charge in [0.15, 0.2) is 0 Å². The van der Waals surface area contributed by atoms with E-state index in [1.807, 2.05) is 13.0 Å². The number of amides is 1. The van der Waals surface area contributed by atoms with Crippen LogP contribution in [0.5, 0.6) is 0 Å². The minimum atomic E-state index is -2.80. The molecule has 1 aromatic heterocycles. The summed E-state index contributed by atoms with van der Waals surface area (Å²) in [5.74, 6) is 0.395. The summed E-state index contributed by atoms with van der Waals surface area (Å²) in [6.07, 6.45) is 1.47. The van der Waals surface area contributed by atoms with Crippen molar-refractivity contribution < 1.29 is 13.5 Å². The van der Waals surface area contributed by atoms with Crippen LogP contribution in [0.25, 0.3) is 11.4 Å². The third-order valence-corrected chi connectivity index (χ3v) is 5.24. The summed E-state index contributed by atoms with van der Waals surface area (Å²) in [4.78, 5) is 17.0. The molecule has 2 aromatic carbocycles. The third-order valence-electron chi connectivity index (χ3n) is 3.60. The lowest BCUT2D eigenvalue weighted by Gasteiger charge is -2.05. The molecular formula is C18H17N3O3S. The van der Waals surface area contributed by atoms with Crippen LogP contribution in [-0.2, 0) is 9.73 Å². The zero-order valence-electron chi connectivity index (χ0n) is 14.1. The summed E-state index contributed by atoms with van der Waals surface area (Å²) in [6.45, 7) is 3.61. The molecule has 1 heterocycles. The molecule has 7 heteroatoms. The van der Waals surface area contributed by atoms with Crippen LogP contribution in [0.15, 0.2) is 62.3 Å². The largest absolute Gasteiger partial charge is 0.339 e. The lowest BCUT2D eigenvalue weighted by molar-refractivity contribution is 0.100. The molecule has 128 valence electrons. The smallest absolute Gasteiger partial charge is 0.285 e. The first kappa shape index (κ1) is 17.0. The van der Waals surface area contributed by atoms with Crippen molar-refractivity contribution in [3.63, 3.8) is 0 Å². The van der Waals surface area contributed by atoms with E-state index in [0.29, 0.717) is 22.2 Å². The summed E-state index contributed by atoms with van der Waals surface area (Å²) in [6, 6.07) is 13.8. The lowest BCUT2D eigenvalue weighted by Crippen LogP contribution is -2.04. The van der Waals surface area contributed by atoms with Crippen molar-refractivity contribution >= 4 is 15.6 Å². The average molecular weight is 355 g/mol. The number of benzene rings is 2. The van der Waals surface area contributed by atoms with Gasteiger partial charge in [0.25, 0.3) is 5.91 Å². The minimum Gasteiger partial charge on any atom is -0.339 e. The van der Waals surface area contributed by atoms with Gasteiger partial charge in [0.2, 0.25) is 11.7 Å². The second kappa shape index (κ2) is 6.60. The normalized spacial score (nSPS) is 13.2. The van der Waals surface area contributed by atoms with Crippen molar-refractivity contribution in [2.24, 2.45) is 4.36 Å². The summed E-state index contributed by atoms with van der Waals surface area (Å²) < 4.78 is 21.7. The second-order valence-electron chi connectivity index (χ2n) is 5.73. The van der Waals surface area contributed by atoms with E-state index in [1.165, 1.54) is 6.26 Å². The van der Waals surface area contributed by atoms with Crippen molar-refractivity contribution in [1.82, 2.24) is 10.1 Å². The van der Waals surface area contributed by atoms with Crippen LogP contribution in [-0.4, -0.2) is 26.5 Å². The molecule has 0 N–H and O–H groups in total. The quantitative estimate of drug-likeness (QED) is 0.716. The minimum absolute atomic E-state index is 0.353. The highest BCUT2D eigenvalue weighted by Crippen LogP contribution is 2.18. The highest BCUT2D eigenvalue weighted by Gasteiger charge is 2.12. The van der Waals surface area contributed by atoms with E-state index in [9.17, 15) is 9.00 Å². The number of hydrogen-bond acceptors (Lipinski definition) is 5. The summed E-state index contributed by atoms with van der Waals surface area (Å²) in [7, 11) is -2.80. The molecule has 1 atom stereocenters. The molecule has 0 aliphatic carbocycles. The fourth-order valence-corrected chi connectivity index (χ4v) is 3.56. The topological polar surface area (TPSA) is 85.4 Å². The molecule has 0 fully saturated rings. The van der Waals surface area contributed by atoms with Gasteiger partial charge >= 0.3 is 0 Å². The van der Waals surface area contributed by atoms with Crippen LogP contribution < -0.4 is 0 Å². The Morgan fingerprint density at radius 3 is 2.44 bits per heavy atom. The Labute approximate surface area is 146 Å². The Hall–Kier alpha value is -2.80. The number of hydrogen-bond donors (Lipinski definition) is 0. The Morgan fingerprint density at radius 2 is 1.84 bits per heavy atom. The van der Waals surface area contributed by atoms with Crippen molar-refractivity contribution in [2.45, 2.75) is 18.7 Å².